The predicted octanol–water partition coefficient (Wildman–Crippen LogP) is 3.34. The first-order chi connectivity index (χ1) is 12.2. The minimum atomic E-state index is -5.99. The molecule has 0 aromatic heterocycles. The molecule has 0 atom stereocenters. The van der Waals surface area contributed by atoms with Crippen LogP contribution in [-0.2, 0) is 19.7 Å². The van der Waals surface area contributed by atoms with Gasteiger partial charge in [-0.1, -0.05) is 46.9 Å². The second kappa shape index (κ2) is 7.28. The van der Waals surface area contributed by atoms with Crippen LogP contribution in [-0.4, -0.2) is 33.6 Å². The number of carbonyl (C=O) groups is 2. The standard InChI is InChI=1S/C16H13F2IO7S/c1-15(2,19)13(20)25-11-7-8-12(10-6-4-3-5-9(10)11)26-14(21)16(17,18)27(22,23)24/h3-8H,1-2H3,(H,22,23,24). The van der Waals surface area contributed by atoms with Crippen LogP contribution in [0.25, 0.3) is 10.8 Å². The van der Waals surface area contributed by atoms with Gasteiger partial charge in [0.2, 0.25) is 0 Å². The molecule has 0 radical (unpaired) electrons. The Kier molecular flexibility index (Phi) is 5.78. The molecule has 2 aromatic carbocycles. The third-order valence-corrected chi connectivity index (χ3v) is 4.55. The number of fused-ring (bicyclic) bond motifs is 1. The summed E-state index contributed by atoms with van der Waals surface area (Å²) in [6.07, 6.45) is 0. The molecule has 0 aliphatic carbocycles. The normalized spacial score (nSPS) is 12.7. The smallest absolute Gasteiger partial charge is 0.425 e. The summed E-state index contributed by atoms with van der Waals surface area (Å²) in [5.41, 5.74) is 0. The average molecular weight is 514 g/mol. The van der Waals surface area contributed by atoms with E-state index in [1.165, 1.54) is 24.3 Å². The lowest BCUT2D eigenvalue weighted by Gasteiger charge is -2.17. The molecule has 0 unspecified atom stereocenters. The Morgan fingerprint density at radius 3 is 1.74 bits per heavy atom. The average Bonchev–Trinajstić information content (AvgIpc) is 2.54. The Bertz CT molecular complexity index is 1010. The molecule has 146 valence electrons. The molecule has 0 spiro atoms. The summed E-state index contributed by atoms with van der Waals surface area (Å²) in [7, 11) is -5.99. The van der Waals surface area contributed by atoms with E-state index < -0.39 is 36.5 Å². The van der Waals surface area contributed by atoms with Gasteiger partial charge in [0, 0.05) is 10.8 Å². The van der Waals surface area contributed by atoms with Gasteiger partial charge < -0.3 is 9.47 Å². The van der Waals surface area contributed by atoms with Crippen LogP contribution in [0.4, 0.5) is 8.78 Å². The van der Waals surface area contributed by atoms with Crippen molar-refractivity contribution in [2.24, 2.45) is 0 Å². The van der Waals surface area contributed by atoms with E-state index in [1.807, 2.05) is 22.6 Å². The van der Waals surface area contributed by atoms with Crippen LogP contribution in [0.2, 0.25) is 0 Å². The van der Waals surface area contributed by atoms with Gasteiger partial charge >= 0.3 is 27.3 Å². The zero-order valence-electron chi connectivity index (χ0n) is 13.9. The van der Waals surface area contributed by atoms with Crippen molar-refractivity contribution in [3.05, 3.63) is 36.4 Å². The van der Waals surface area contributed by atoms with Crippen LogP contribution in [0.1, 0.15) is 13.8 Å². The summed E-state index contributed by atoms with van der Waals surface area (Å²) in [5.74, 6) is -3.32. The number of benzene rings is 2. The molecule has 2 aromatic rings. The van der Waals surface area contributed by atoms with Gasteiger partial charge in [0.1, 0.15) is 14.9 Å². The van der Waals surface area contributed by atoms with Crippen molar-refractivity contribution in [2.45, 2.75) is 22.5 Å². The fourth-order valence-corrected chi connectivity index (χ4v) is 2.27. The third-order valence-electron chi connectivity index (χ3n) is 3.30. The highest BCUT2D eigenvalue weighted by atomic mass is 127. The monoisotopic (exact) mass is 514 g/mol. The molecule has 11 heteroatoms. The van der Waals surface area contributed by atoms with E-state index in [0.29, 0.717) is 0 Å². The molecule has 7 nitrogen and oxygen atoms in total. The van der Waals surface area contributed by atoms with Crippen LogP contribution in [0.15, 0.2) is 36.4 Å². The first-order valence-electron chi connectivity index (χ1n) is 7.25. The van der Waals surface area contributed by atoms with E-state index in [9.17, 15) is 26.8 Å². The lowest BCUT2D eigenvalue weighted by atomic mass is 10.1. The quantitative estimate of drug-likeness (QED) is 0.215. The first kappa shape index (κ1) is 21.4. The Morgan fingerprint density at radius 1 is 0.963 bits per heavy atom. The van der Waals surface area contributed by atoms with Crippen LogP contribution in [0.5, 0.6) is 11.5 Å². The number of rotatable bonds is 5. The minimum Gasteiger partial charge on any atom is -0.425 e. The second-order valence-corrected chi connectivity index (χ2v) is 10.0. The predicted molar refractivity (Wildman–Crippen MR) is 99.8 cm³/mol. The van der Waals surface area contributed by atoms with Crippen molar-refractivity contribution in [1.29, 1.82) is 0 Å². The highest BCUT2D eigenvalue weighted by Gasteiger charge is 2.54. The van der Waals surface area contributed by atoms with E-state index in [2.05, 4.69) is 4.74 Å². The van der Waals surface area contributed by atoms with Crippen LogP contribution in [0, 0.1) is 0 Å². The number of ether oxygens (including phenoxy) is 2. The summed E-state index contributed by atoms with van der Waals surface area (Å²) in [5, 5.41) is -4.75. The number of halogens is 3. The number of alkyl halides is 3. The van der Waals surface area contributed by atoms with E-state index >= 15 is 0 Å². The Labute approximate surface area is 166 Å². The molecule has 0 fully saturated rings. The van der Waals surface area contributed by atoms with Crippen molar-refractivity contribution >= 4 is 55.4 Å². The fraction of sp³-hybridized carbons (Fsp3) is 0.250. The topological polar surface area (TPSA) is 107 Å². The number of esters is 2. The molecule has 0 heterocycles. The van der Waals surface area contributed by atoms with Gasteiger partial charge in [-0.25, -0.2) is 4.79 Å². The summed E-state index contributed by atoms with van der Waals surface area (Å²) >= 11 is 1.88. The molecule has 0 amide bonds. The molecule has 1 N–H and O–H groups in total. The molecule has 27 heavy (non-hydrogen) atoms. The second-order valence-electron chi connectivity index (χ2n) is 5.85. The summed E-state index contributed by atoms with van der Waals surface area (Å²) in [6, 6.07) is 8.27. The lowest BCUT2D eigenvalue weighted by molar-refractivity contribution is -0.151. The zero-order chi connectivity index (χ0) is 20.6. The largest absolute Gasteiger partial charge is 0.466 e. The van der Waals surface area contributed by atoms with Crippen LogP contribution >= 0.6 is 22.6 Å². The van der Waals surface area contributed by atoms with Gasteiger partial charge in [-0.3, -0.25) is 9.35 Å². The van der Waals surface area contributed by atoms with Gasteiger partial charge in [0.05, 0.1) is 0 Å². The summed E-state index contributed by atoms with van der Waals surface area (Å²) in [6.45, 7) is 3.26. The van der Waals surface area contributed by atoms with E-state index in [-0.39, 0.29) is 16.5 Å². The van der Waals surface area contributed by atoms with Crippen molar-refractivity contribution in [2.75, 3.05) is 0 Å². The first-order valence-corrected chi connectivity index (χ1v) is 9.77. The van der Waals surface area contributed by atoms with Crippen molar-refractivity contribution in [1.82, 2.24) is 0 Å². The molecule has 2 rings (SSSR count). The highest BCUT2D eigenvalue weighted by Crippen LogP contribution is 2.35. The van der Waals surface area contributed by atoms with Gasteiger partial charge in [-0.05, 0) is 26.0 Å². The molecular weight excluding hydrogens is 501 g/mol. The van der Waals surface area contributed by atoms with E-state index in [0.717, 1.165) is 6.07 Å². The SMILES string of the molecule is CC(C)(I)C(=O)Oc1ccc(OC(=O)C(F)(F)S(=O)(=O)O)c2ccccc12. The van der Waals surface area contributed by atoms with Crippen LogP contribution in [0.3, 0.4) is 0 Å². The minimum absolute atomic E-state index is 0.0988. The maximum absolute atomic E-state index is 13.4. The Hall–Kier alpha value is -1.86. The summed E-state index contributed by atoms with van der Waals surface area (Å²) in [4.78, 5) is 23.6. The molecule has 0 saturated heterocycles. The summed E-state index contributed by atoms with van der Waals surface area (Å²) < 4.78 is 65.6. The van der Waals surface area contributed by atoms with E-state index in [4.69, 9.17) is 9.29 Å². The molecule has 0 aliphatic heterocycles. The van der Waals surface area contributed by atoms with Crippen molar-refractivity contribution in [3.8, 4) is 11.5 Å². The number of hydrogen-bond donors (Lipinski definition) is 1. The van der Waals surface area contributed by atoms with Gasteiger partial charge in [-0.15, -0.1) is 0 Å². The lowest BCUT2D eigenvalue weighted by Crippen LogP contribution is -2.40. The van der Waals surface area contributed by atoms with Crippen molar-refractivity contribution in [3.63, 3.8) is 0 Å². The maximum Gasteiger partial charge on any atom is 0.466 e. The number of carbonyl (C=O) groups excluding carboxylic acids is 2. The molecule has 0 bridgehead atoms. The Morgan fingerprint density at radius 2 is 1.37 bits per heavy atom. The third kappa shape index (κ3) is 4.52. The van der Waals surface area contributed by atoms with Crippen LogP contribution < -0.4 is 9.47 Å². The van der Waals surface area contributed by atoms with Gasteiger partial charge in [-0.2, -0.15) is 17.2 Å². The molecule has 0 saturated carbocycles. The fourth-order valence-electron chi connectivity index (χ4n) is 1.91. The number of hydrogen-bond acceptors (Lipinski definition) is 6. The van der Waals surface area contributed by atoms with E-state index in [1.54, 1.807) is 19.9 Å². The molecule has 0 aliphatic rings. The van der Waals surface area contributed by atoms with Crippen molar-refractivity contribution < 1.29 is 40.8 Å². The molecular formula is C16H13F2IO7S. The zero-order valence-corrected chi connectivity index (χ0v) is 16.9. The maximum atomic E-state index is 13.4. The highest BCUT2D eigenvalue weighted by molar-refractivity contribution is 14.1. The van der Waals surface area contributed by atoms with Gasteiger partial charge in [0.15, 0.2) is 0 Å². The van der Waals surface area contributed by atoms with Gasteiger partial charge in [0.25, 0.3) is 0 Å². The Balaban J connectivity index is 2.46.